The minimum absolute atomic E-state index is 0.0504. The zero-order valence-electron chi connectivity index (χ0n) is 10.3. The normalized spacial score (nSPS) is 11.8. The summed E-state index contributed by atoms with van der Waals surface area (Å²) in [6.45, 7) is -0.360. The van der Waals surface area contributed by atoms with E-state index in [4.69, 9.17) is 5.73 Å². The fourth-order valence-electron chi connectivity index (χ4n) is 1.63. The van der Waals surface area contributed by atoms with Crippen LogP contribution < -0.4 is 10.5 Å². The zero-order valence-corrected chi connectivity index (χ0v) is 11.9. The summed E-state index contributed by atoms with van der Waals surface area (Å²) in [5.41, 5.74) is 4.78. The first-order valence-electron chi connectivity index (χ1n) is 5.64. The Balaban J connectivity index is 2.30. The van der Waals surface area contributed by atoms with Gasteiger partial charge in [0.25, 0.3) is 0 Å². The maximum Gasteiger partial charge on any atom is 0.243 e. The molecule has 0 atom stereocenters. The van der Waals surface area contributed by atoms with Crippen molar-refractivity contribution < 1.29 is 17.2 Å². The van der Waals surface area contributed by atoms with Gasteiger partial charge in [-0.15, -0.1) is 11.3 Å². The summed E-state index contributed by atoms with van der Waals surface area (Å²) < 4.78 is 53.6. The maximum absolute atomic E-state index is 14.0. The molecular weight excluding hydrogens is 306 g/mol. The number of halogens is 2. The van der Waals surface area contributed by atoms with E-state index in [1.807, 2.05) is 0 Å². The Kier molecular flexibility index (Phi) is 4.48. The number of benzene rings is 1. The van der Waals surface area contributed by atoms with E-state index in [1.54, 1.807) is 17.5 Å². The topological polar surface area (TPSA) is 72.2 Å². The molecule has 0 radical (unpaired) electrons. The summed E-state index contributed by atoms with van der Waals surface area (Å²) >= 11 is 1.37. The lowest BCUT2D eigenvalue weighted by molar-refractivity contribution is 0.525. The summed E-state index contributed by atoms with van der Waals surface area (Å²) in [5, 5.41) is 1.80. The number of hydrogen-bond donors (Lipinski definition) is 2. The third-order valence-corrected chi connectivity index (χ3v) is 4.96. The van der Waals surface area contributed by atoms with Gasteiger partial charge in [0, 0.05) is 23.5 Å². The minimum atomic E-state index is -4.06. The quantitative estimate of drug-likeness (QED) is 0.885. The number of thiophene rings is 1. The molecule has 0 spiro atoms. The third-order valence-electron chi connectivity index (χ3n) is 2.66. The molecule has 0 saturated carbocycles. The summed E-state index contributed by atoms with van der Waals surface area (Å²) in [6.07, 6.45) is 0. The molecule has 0 fully saturated rings. The van der Waals surface area contributed by atoms with Crippen LogP contribution in [0.5, 0.6) is 0 Å². The second kappa shape index (κ2) is 5.96. The van der Waals surface area contributed by atoms with Gasteiger partial charge in [-0.25, -0.2) is 21.9 Å². The van der Waals surface area contributed by atoms with Crippen molar-refractivity contribution in [3.8, 4) is 0 Å². The molecule has 2 aromatic rings. The SMILES string of the molecule is NCc1c(F)ccc(S(=O)(=O)NCc2cccs2)c1F. The number of rotatable bonds is 5. The van der Waals surface area contributed by atoms with E-state index in [0.29, 0.717) is 0 Å². The smallest absolute Gasteiger partial charge is 0.243 e. The van der Waals surface area contributed by atoms with E-state index < -0.39 is 38.7 Å². The Bertz CT molecular complexity index is 700. The van der Waals surface area contributed by atoms with Crippen molar-refractivity contribution in [3.05, 3.63) is 51.7 Å². The highest BCUT2D eigenvalue weighted by atomic mass is 32.2. The van der Waals surface area contributed by atoms with Gasteiger partial charge < -0.3 is 5.73 Å². The minimum Gasteiger partial charge on any atom is -0.326 e. The second-order valence-electron chi connectivity index (χ2n) is 3.95. The number of nitrogens with two attached hydrogens (primary N) is 1. The van der Waals surface area contributed by atoms with E-state index in [1.165, 1.54) is 11.3 Å². The van der Waals surface area contributed by atoms with Crippen LogP contribution in [0.2, 0.25) is 0 Å². The summed E-state index contributed by atoms with van der Waals surface area (Å²) in [7, 11) is -4.06. The van der Waals surface area contributed by atoms with Gasteiger partial charge in [-0.2, -0.15) is 0 Å². The van der Waals surface area contributed by atoms with E-state index in [9.17, 15) is 17.2 Å². The van der Waals surface area contributed by atoms with Crippen molar-refractivity contribution in [2.75, 3.05) is 0 Å². The van der Waals surface area contributed by atoms with Crippen LogP contribution in [0.15, 0.2) is 34.5 Å². The molecule has 0 bridgehead atoms. The molecule has 0 aliphatic heterocycles. The molecule has 0 amide bonds. The highest BCUT2D eigenvalue weighted by molar-refractivity contribution is 7.89. The summed E-state index contributed by atoms with van der Waals surface area (Å²) in [4.78, 5) is 0.186. The van der Waals surface area contributed by atoms with Crippen LogP contribution in [-0.4, -0.2) is 8.42 Å². The number of nitrogens with one attached hydrogen (secondary N) is 1. The van der Waals surface area contributed by atoms with Crippen molar-refractivity contribution >= 4 is 21.4 Å². The highest BCUT2D eigenvalue weighted by Gasteiger charge is 2.22. The molecule has 8 heteroatoms. The van der Waals surface area contributed by atoms with Crippen molar-refractivity contribution in [1.29, 1.82) is 0 Å². The first kappa shape index (κ1) is 15.0. The molecular formula is C12H12F2N2O2S2. The largest absolute Gasteiger partial charge is 0.326 e. The van der Waals surface area contributed by atoms with Gasteiger partial charge in [-0.3, -0.25) is 0 Å². The Morgan fingerprint density at radius 3 is 2.60 bits per heavy atom. The lowest BCUT2D eigenvalue weighted by Gasteiger charge is -2.10. The summed E-state index contributed by atoms with van der Waals surface area (Å²) in [6, 6.07) is 5.31. The molecule has 2 rings (SSSR count). The molecule has 0 aliphatic rings. The molecule has 0 saturated heterocycles. The average molecular weight is 318 g/mol. The van der Waals surface area contributed by atoms with Crippen LogP contribution in [0.25, 0.3) is 0 Å². The summed E-state index contributed by atoms with van der Waals surface area (Å²) in [5.74, 6) is -2.01. The predicted octanol–water partition coefficient (Wildman–Crippen LogP) is 1.96. The Morgan fingerprint density at radius 2 is 2.00 bits per heavy atom. The molecule has 20 heavy (non-hydrogen) atoms. The third kappa shape index (κ3) is 3.04. The van der Waals surface area contributed by atoms with E-state index in [-0.39, 0.29) is 6.54 Å². The fourth-order valence-corrected chi connectivity index (χ4v) is 3.47. The number of sulfonamides is 1. The van der Waals surface area contributed by atoms with E-state index in [2.05, 4.69) is 4.72 Å². The predicted molar refractivity (Wildman–Crippen MR) is 72.6 cm³/mol. The second-order valence-corrected chi connectivity index (χ2v) is 6.71. The van der Waals surface area contributed by atoms with Crippen LogP contribution in [0.4, 0.5) is 8.78 Å². The molecule has 4 nitrogen and oxygen atoms in total. The van der Waals surface area contributed by atoms with Crippen molar-refractivity contribution in [1.82, 2.24) is 4.72 Å². The van der Waals surface area contributed by atoms with Crippen LogP contribution in [0.1, 0.15) is 10.4 Å². The Hall–Kier alpha value is -1.35. The molecule has 108 valence electrons. The monoisotopic (exact) mass is 318 g/mol. The van der Waals surface area contributed by atoms with Crippen LogP contribution in [0.3, 0.4) is 0 Å². The van der Waals surface area contributed by atoms with Crippen LogP contribution in [0, 0.1) is 11.6 Å². The Labute approximate surface area is 119 Å². The van der Waals surface area contributed by atoms with Crippen LogP contribution in [-0.2, 0) is 23.1 Å². The highest BCUT2D eigenvalue weighted by Crippen LogP contribution is 2.21. The molecule has 3 N–H and O–H groups in total. The molecule has 0 aliphatic carbocycles. The first-order valence-corrected chi connectivity index (χ1v) is 8.01. The zero-order chi connectivity index (χ0) is 14.8. The lowest BCUT2D eigenvalue weighted by Crippen LogP contribution is -2.24. The standard InChI is InChI=1S/C12H12F2N2O2S2/c13-10-3-4-11(12(14)9(10)6-15)20(17,18)16-7-8-2-1-5-19-8/h1-5,16H,6-7,15H2. The molecule has 1 aromatic heterocycles. The molecule has 1 heterocycles. The van der Waals surface area contributed by atoms with Gasteiger partial charge in [0.2, 0.25) is 10.0 Å². The van der Waals surface area contributed by atoms with Gasteiger partial charge in [-0.05, 0) is 23.6 Å². The van der Waals surface area contributed by atoms with Crippen molar-refractivity contribution in [3.63, 3.8) is 0 Å². The Morgan fingerprint density at radius 1 is 1.25 bits per heavy atom. The molecule has 1 aromatic carbocycles. The number of hydrogen-bond acceptors (Lipinski definition) is 4. The van der Waals surface area contributed by atoms with Gasteiger partial charge in [0.05, 0.1) is 0 Å². The van der Waals surface area contributed by atoms with Gasteiger partial charge in [-0.1, -0.05) is 6.07 Å². The van der Waals surface area contributed by atoms with Gasteiger partial charge >= 0.3 is 0 Å². The van der Waals surface area contributed by atoms with Crippen molar-refractivity contribution in [2.45, 2.75) is 18.0 Å². The van der Waals surface area contributed by atoms with E-state index in [0.717, 1.165) is 17.0 Å². The van der Waals surface area contributed by atoms with Gasteiger partial charge in [0.1, 0.15) is 10.7 Å². The average Bonchev–Trinajstić information content (AvgIpc) is 2.90. The maximum atomic E-state index is 14.0. The van der Waals surface area contributed by atoms with Gasteiger partial charge in [0.15, 0.2) is 5.82 Å². The fraction of sp³-hybridized carbons (Fsp3) is 0.167. The van der Waals surface area contributed by atoms with Crippen molar-refractivity contribution in [2.24, 2.45) is 5.73 Å². The van der Waals surface area contributed by atoms with E-state index >= 15 is 0 Å². The van der Waals surface area contributed by atoms with Crippen LogP contribution >= 0.6 is 11.3 Å². The first-order chi connectivity index (χ1) is 9.45. The lowest BCUT2D eigenvalue weighted by atomic mass is 10.2. The molecule has 0 unspecified atom stereocenters.